The summed E-state index contributed by atoms with van der Waals surface area (Å²) in [5, 5.41) is 12.7. The number of nitriles is 1. The Hall–Kier alpha value is -3.46. The molecule has 0 saturated heterocycles. The second-order valence-corrected chi connectivity index (χ2v) is 7.90. The molecule has 1 amide bonds. The molecule has 1 aromatic carbocycles. The highest BCUT2D eigenvalue weighted by Gasteiger charge is 2.26. The summed E-state index contributed by atoms with van der Waals surface area (Å²) in [7, 11) is 0. The average molecular weight is 402 g/mol. The predicted molar refractivity (Wildman–Crippen MR) is 117 cm³/mol. The average Bonchev–Trinajstić information content (AvgIpc) is 3.33. The Morgan fingerprint density at radius 1 is 1.27 bits per heavy atom. The summed E-state index contributed by atoms with van der Waals surface area (Å²) in [4.78, 5) is 15.2. The molecule has 1 unspecified atom stereocenters. The number of hydrogen-bond donors (Lipinski definition) is 1. The maximum atomic E-state index is 13.1. The smallest absolute Gasteiger partial charge is 0.245 e. The lowest BCUT2D eigenvalue weighted by Gasteiger charge is -2.36. The molecular weight excluding hydrogens is 376 g/mol. The van der Waals surface area contributed by atoms with Crippen LogP contribution in [0, 0.1) is 25.2 Å². The first-order valence-electron chi connectivity index (χ1n) is 10.3. The maximum absolute atomic E-state index is 13.1. The van der Waals surface area contributed by atoms with Crippen molar-refractivity contribution in [1.82, 2.24) is 4.57 Å². The Morgan fingerprint density at radius 3 is 2.80 bits per heavy atom. The number of rotatable bonds is 5. The van der Waals surface area contributed by atoms with Gasteiger partial charge in [-0.05, 0) is 62.9 Å². The van der Waals surface area contributed by atoms with E-state index in [2.05, 4.69) is 35.3 Å². The summed E-state index contributed by atoms with van der Waals surface area (Å²) >= 11 is 0. The molecule has 30 heavy (non-hydrogen) atoms. The van der Waals surface area contributed by atoms with Gasteiger partial charge in [0.15, 0.2) is 0 Å². The van der Waals surface area contributed by atoms with E-state index in [0.29, 0.717) is 17.9 Å². The van der Waals surface area contributed by atoms with Crippen molar-refractivity contribution in [2.45, 2.75) is 46.2 Å². The van der Waals surface area contributed by atoms with Gasteiger partial charge in [-0.15, -0.1) is 0 Å². The van der Waals surface area contributed by atoms with Crippen LogP contribution >= 0.6 is 0 Å². The number of fused-ring (bicyclic) bond motifs is 1. The standard InChI is InChI=1S/C24H26N4O2/c1-16-10-11-19-7-4-5-9-22(19)27(16)15-23(29)26-24-21(13-25)17(2)18(3)28(24)14-20-8-6-12-30-20/h4-9,12,16H,10-11,14-15H2,1-3H3,(H,26,29). The zero-order valence-electron chi connectivity index (χ0n) is 17.6. The lowest BCUT2D eigenvalue weighted by molar-refractivity contribution is -0.115. The predicted octanol–water partition coefficient (Wildman–Crippen LogP) is 4.40. The molecule has 154 valence electrons. The maximum Gasteiger partial charge on any atom is 0.245 e. The fraction of sp³-hybridized carbons (Fsp3) is 0.333. The molecule has 0 bridgehead atoms. The number of nitrogens with zero attached hydrogens (tertiary/aromatic N) is 3. The van der Waals surface area contributed by atoms with Crippen molar-refractivity contribution in [2.24, 2.45) is 0 Å². The molecule has 0 fully saturated rings. The van der Waals surface area contributed by atoms with Crippen molar-refractivity contribution in [2.75, 3.05) is 16.8 Å². The number of carbonyl (C=O) groups excluding carboxylic acids is 1. The largest absolute Gasteiger partial charge is 0.467 e. The third-order valence-corrected chi connectivity index (χ3v) is 6.07. The van der Waals surface area contributed by atoms with Crippen LogP contribution in [0.25, 0.3) is 0 Å². The van der Waals surface area contributed by atoms with Gasteiger partial charge in [-0.2, -0.15) is 5.26 Å². The molecule has 6 nitrogen and oxygen atoms in total. The molecule has 1 aliphatic heterocycles. The van der Waals surface area contributed by atoms with E-state index in [1.165, 1.54) is 5.56 Å². The Kier molecular flexibility index (Phi) is 5.37. The van der Waals surface area contributed by atoms with E-state index in [4.69, 9.17) is 4.42 Å². The molecule has 3 aromatic rings. The first-order chi connectivity index (χ1) is 14.5. The summed E-state index contributed by atoms with van der Waals surface area (Å²) < 4.78 is 7.43. The highest BCUT2D eigenvalue weighted by Crippen LogP contribution is 2.31. The van der Waals surface area contributed by atoms with Crippen molar-refractivity contribution in [3.05, 3.63) is 70.8 Å². The van der Waals surface area contributed by atoms with Gasteiger partial charge in [-0.1, -0.05) is 18.2 Å². The fourth-order valence-corrected chi connectivity index (χ4v) is 4.21. The van der Waals surface area contributed by atoms with E-state index < -0.39 is 0 Å². The molecular formula is C24H26N4O2. The van der Waals surface area contributed by atoms with Crippen LogP contribution in [0.4, 0.5) is 11.5 Å². The molecule has 4 rings (SSSR count). The van der Waals surface area contributed by atoms with Crippen LogP contribution in [0.15, 0.2) is 47.1 Å². The van der Waals surface area contributed by atoms with Crippen molar-refractivity contribution in [3.8, 4) is 6.07 Å². The van der Waals surface area contributed by atoms with Gasteiger partial charge in [0, 0.05) is 17.4 Å². The van der Waals surface area contributed by atoms with Gasteiger partial charge in [-0.3, -0.25) is 4.79 Å². The minimum Gasteiger partial charge on any atom is -0.467 e. The van der Waals surface area contributed by atoms with Gasteiger partial charge in [-0.25, -0.2) is 0 Å². The first kappa shape index (κ1) is 19.8. The third kappa shape index (κ3) is 3.59. The molecule has 2 aromatic heterocycles. The van der Waals surface area contributed by atoms with Crippen LogP contribution in [-0.2, 0) is 17.8 Å². The highest BCUT2D eigenvalue weighted by atomic mass is 16.3. The SMILES string of the molecule is Cc1c(C#N)c(NC(=O)CN2c3ccccc3CCC2C)n(Cc2ccco2)c1C. The Morgan fingerprint density at radius 2 is 2.07 bits per heavy atom. The summed E-state index contributed by atoms with van der Waals surface area (Å²) in [6, 6.07) is 14.5. The van der Waals surface area contributed by atoms with Crippen LogP contribution in [-0.4, -0.2) is 23.1 Å². The Balaban J connectivity index is 1.61. The van der Waals surface area contributed by atoms with E-state index in [0.717, 1.165) is 35.5 Å². The second kappa shape index (κ2) is 8.11. The molecule has 0 spiro atoms. The lowest BCUT2D eigenvalue weighted by atomic mass is 9.96. The molecule has 1 atom stereocenters. The number of hydrogen-bond acceptors (Lipinski definition) is 4. The molecule has 1 N–H and O–H groups in total. The fourth-order valence-electron chi connectivity index (χ4n) is 4.21. The van der Waals surface area contributed by atoms with E-state index >= 15 is 0 Å². The Labute approximate surface area is 176 Å². The van der Waals surface area contributed by atoms with Gasteiger partial charge in [0.25, 0.3) is 0 Å². The number of aromatic nitrogens is 1. The zero-order valence-corrected chi connectivity index (χ0v) is 17.6. The molecule has 0 radical (unpaired) electrons. The van der Waals surface area contributed by atoms with Gasteiger partial charge in [0.05, 0.1) is 24.9 Å². The lowest BCUT2D eigenvalue weighted by Crippen LogP contribution is -2.42. The van der Waals surface area contributed by atoms with Crippen molar-refractivity contribution < 1.29 is 9.21 Å². The summed E-state index contributed by atoms with van der Waals surface area (Å²) in [6.45, 7) is 6.72. The minimum absolute atomic E-state index is 0.131. The van der Waals surface area contributed by atoms with Gasteiger partial charge in [0.1, 0.15) is 17.6 Å². The van der Waals surface area contributed by atoms with E-state index in [9.17, 15) is 10.1 Å². The summed E-state index contributed by atoms with van der Waals surface area (Å²) in [6.07, 6.45) is 3.67. The number of carbonyl (C=O) groups is 1. The quantitative estimate of drug-likeness (QED) is 0.686. The van der Waals surface area contributed by atoms with E-state index in [1.54, 1.807) is 6.26 Å². The number of para-hydroxylation sites is 1. The van der Waals surface area contributed by atoms with Crippen LogP contribution in [0.5, 0.6) is 0 Å². The number of furan rings is 1. The molecule has 0 saturated carbocycles. The van der Waals surface area contributed by atoms with Crippen molar-refractivity contribution >= 4 is 17.4 Å². The van der Waals surface area contributed by atoms with Gasteiger partial charge < -0.3 is 19.2 Å². The van der Waals surface area contributed by atoms with Crippen LogP contribution in [0.3, 0.4) is 0 Å². The molecule has 1 aliphatic rings. The zero-order chi connectivity index (χ0) is 21.3. The number of anilines is 2. The monoisotopic (exact) mass is 402 g/mol. The van der Waals surface area contributed by atoms with Crippen molar-refractivity contribution in [3.63, 3.8) is 0 Å². The number of amides is 1. The van der Waals surface area contributed by atoms with Crippen LogP contribution in [0.2, 0.25) is 0 Å². The summed E-state index contributed by atoms with van der Waals surface area (Å²) in [5.74, 6) is 1.17. The molecule has 0 aliphatic carbocycles. The number of nitrogens with one attached hydrogen (secondary N) is 1. The second-order valence-electron chi connectivity index (χ2n) is 7.90. The topological polar surface area (TPSA) is 74.2 Å². The number of benzene rings is 1. The van der Waals surface area contributed by atoms with Crippen LogP contribution < -0.4 is 10.2 Å². The third-order valence-electron chi connectivity index (χ3n) is 6.07. The minimum atomic E-state index is -0.131. The summed E-state index contributed by atoms with van der Waals surface area (Å²) in [5.41, 5.74) is 4.70. The Bertz CT molecular complexity index is 1110. The highest BCUT2D eigenvalue weighted by molar-refractivity contribution is 5.95. The van der Waals surface area contributed by atoms with E-state index in [-0.39, 0.29) is 18.5 Å². The number of aryl methyl sites for hydroxylation is 1. The van der Waals surface area contributed by atoms with Gasteiger partial charge >= 0.3 is 0 Å². The first-order valence-corrected chi connectivity index (χ1v) is 10.3. The van der Waals surface area contributed by atoms with Crippen LogP contribution in [0.1, 0.15) is 41.5 Å². The molecule has 3 heterocycles. The normalized spacial score (nSPS) is 15.5. The van der Waals surface area contributed by atoms with Gasteiger partial charge in [0.2, 0.25) is 5.91 Å². The molecule has 6 heteroatoms. The van der Waals surface area contributed by atoms with E-state index in [1.807, 2.05) is 42.7 Å². The van der Waals surface area contributed by atoms with Crippen molar-refractivity contribution in [1.29, 1.82) is 5.26 Å².